The second-order valence-electron chi connectivity index (χ2n) is 6.78. The number of hydrogen-bond donors (Lipinski definition) is 3. The first-order valence-corrected chi connectivity index (χ1v) is 10.4. The summed E-state index contributed by atoms with van der Waals surface area (Å²) in [5.74, 6) is 1.35. The number of nitrogens with zero attached hydrogens (tertiary/aromatic N) is 1. The van der Waals surface area contributed by atoms with Gasteiger partial charge in [-0.3, -0.25) is 10.1 Å². The standard InChI is InChI=1S/C23H19ClN4O3S/c1-30-19-9-8-14(11-15(19)24)22(29)28-23(32)27-18-12-13(7-10-20(18)31-2)21-25-16-5-3-4-6-17(16)26-21/h3-12H,1-2H3,(H,25,26)(H2,27,28,29,32). The fraction of sp³-hybridized carbons (Fsp3) is 0.0870. The molecule has 4 rings (SSSR count). The number of benzene rings is 3. The number of thiocarbonyl (C=S) groups is 1. The highest BCUT2D eigenvalue weighted by atomic mass is 35.5. The van der Waals surface area contributed by atoms with Gasteiger partial charge >= 0.3 is 0 Å². The largest absolute Gasteiger partial charge is 0.495 e. The van der Waals surface area contributed by atoms with Gasteiger partial charge in [-0.2, -0.15) is 0 Å². The summed E-state index contributed by atoms with van der Waals surface area (Å²) >= 11 is 11.4. The average Bonchev–Trinajstić information content (AvgIpc) is 3.23. The van der Waals surface area contributed by atoms with Crippen LogP contribution in [0.2, 0.25) is 5.02 Å². The van der Waals surface area contributed by atoms with Crippen LogP contribution in [0.1, 0.15) is 10.4 Å². The Morgan fingerprint density at radius 3 is 2.50 bits per heavy atom. The molecular weight excluding hydrogens is 448 g/mol. The molecular formula is C23H19ClN4O3S. The SMILES string of the molecule is COc1ccc(C(=O)NC(=S)Nc2cc(-c3nc4ccccc4[nH]3)ccc2OC)cc1Cl. The molecule has 0 saturated carbocycles. The molecule has 4 aromatic rings. The topological polar surface area (TPSA) is 88.3 Å². The quantitative estimate of drug-likeness (QED) is 0.358. The van der Waals surface area contributed by atoms with E-state index in [1.165, 1.54) is 13.2 Å². The molecule has 0 aliphatic rings. The number of nitrogens with one attached hydrogen (secondary N) is 3. The van der Waals surface area contributed by atoms with Crippen molar-refractivity contribution in [3.63, 3.8) is 0 Å². The Labute approximate surface area is 194 Å². The Morgan fingerprint density at radius 2 is 1.78 bits per heavy atom. The highest BCUT2D eigenvalue weighted by molar-refractivity contribution is 7.80. The zero-order valence-electron chi connectivity index (χ0n) is 17.2. The second kappa shape index (κ2) is 9.25. The lowest BCUT2D eigenvalue weighted by Gasteiger charge is -2.14. The van der Waals surface area contributed by atoms with E-state index in [1.807, 2.05) is 36.4 Å². The number of anilines is 1. The maximum absolute atomic E-state index is 12.6. The number of carbonyl (C=O) groups excluding carboxylic acids is 1. The number of carbonyl (C=O) groups is 1. The second-order valence-corrected chi connectivity index (χ2v) is 7.59. The van der Waals surface area contributed by atoms with E-state index in [-0.39, 0.29) is 5.11 Å². The maximum Gasteiger partial charge on any atom is 0.257 e. The maximum atomic E-state index is 12.6. The molecule has 9 heteroatoms. The van der Waals surface area contributed by atoms with Crippen molar-refractivity contribution >= 4 is 51.6 Å². The zero-order chi connectivity index (χ0) is 22.7. The number of rotatable bonds is 5. The average molecular weight is 467 g/mol. The Balaban J connectivity index is 1.53. The molecule has 0 radical (unpaired) electrons. The van der Waals surface area contributed by atoms with E-state index in [0.717, 1.165) is 16.6 Å². The molecule has 0 unspecified atom stereocenters. The van der Waals surface area contributed by atoms with Crippen LogP contribution in [0.3, 0.4) is 0 Å². The van der Waals surface area contributed by atoms with Crippen LogP contribution in [0, 0.1) is 0 Å². The third kappa shape index (κ3) is 4.51. The van der Waals surface area contributed by atoms with Crippen molar-refractivity contribution in [1.82, 2.24) is 15.3 Å². The Morgan fingerprint density at radius 1 is 1.03 bits per heavy atom. The lowest BCUT2D eigenvalue weighted by molar-refractivity contribution is 0.0977. The van der Waals surface area contributed by atoms with E-state index in [2.05, 4.69) is 20.6 Å². The van der Waals surface area contributed by atoms with Gasteiger partial charge in [0.2, 0.25) is 0 Å². The number of para-hydroxylation sites is 2. The molecule has 0 aliphatic carbocycles. The minimum absolute atomic E-state index is 0.113. The summed E-state index contributed by atoms with van der Waals surface area (Å²) < 4.78 is 10.5. The predicted octanol–water partition coefficient (Wildman–Crippen LogP) is 5.03. The number of H-pyrrole nitrogens is 1. The molecule has 3 N–H and O–H groups in total. The summed E-state index contributed by atoms with van der Waals surface area (Å²) in [5.41, 5.74) is 3.58. The fourth-order valence-electron chi connectivity index (χ4n) is 3.18. The van der Waals surface area contributed by atoms with Crippen LogP contribution in [-0.4, -0.2) is 35.2 Å². The molecule has 32 heavy (non-hydrogen) atoms. The highest BCUT2D eigenvalue weighted by Gasteiger charge is 2.14. The number of halogens is 1. The van der Waals surface area contributed by atoms with Crippen LogP contribution in [0.4, 0.5) is 5.69 Å². The third-order valence-electron chi connectivity index (χ3n) is 4.75. The van der Waals surface area contributed by atoms with Gasteiger partial charge in [0, 0.05) is 11.1 Å². The predicted molar refractivity (Wildman–Crippen MR) is 130 cm³/mol. The zero-order valence-corrected chi connectivity index (χ0v) is 18.8. The number of hydrogen-bond acceptors (Lipinski definition) is 5. The molecule has 3 aromatic carbocycles. The first kappa shape index (κ1) is 21.6. The fourth-order valence-corrected chi connectivity index (χ4v) is 3.64. The van der Waals surface area contributed by atoms with Crippen molar-refractivity contribution in [2.24, 2.45) is 0 Å². The lowest BCUT2D eigenvalue weighted by Crippen LogP contribution is -2.34. The summed E-state index contributed by atoms with van der Waals surface area (Å²) in [7, 11) is 3.06. The number of aromatic amines is 1. The molecule has 7 nitrogen and oxygen atoms in total. The van der Waals surface area contributed by atoms with E-state index in [9.17, 15) is 4.79 Å². The van der Waals surface area contributed by atoms with Crippen LogP contribution in [0.15, 0.2) is 60.7 Å². The molecule has 1 aromatic heterocycles. The third-order valence-corrected chi connectivity index (χ3v) is 5.25. The van der Waals surface area contributed by atoms with Crippen LogP contribution >= 0.6 is 23.8 Å². The minimum Gasteiger partial charge on any atom is -0.495 e. The van der Waals surface area contributed by atoms with Gasteiger partial charge in [-0.15, -0.1) is 0 Å². The lowest BCUT2D eigenvalue weighted by atomic mass is 10.1. The van der Waals surface area contributed by atoms with Crippen LogP contribution in [0.5, 0.6) is 11.5 Å². The molecule has 0 fully saturated rings. The normalized spacial score (nSPS) is 10.6. The van der Waals surface area contributed by atoms with Crippen molar-refractivity contribution in [1.29, 1.82) is 0 Å². The van der Waals surface area contributed by atoms with Gasteiger partial charge in [0.15, 0.2) is 5.11 Å². The first-order chi connectivity index (χ1) is 15.5. The van der Waals surface area contributed by atoms with Crippen LogP contribution < -0.4 is 20.1 Å². The number of amides is 1. The summed E-state index contributed by atoms with van der Waals surface area (Å²) in [4.78, 5) is 20.5. The van der Waals surface area contributed by atoms with E-state index < -0.39 is 5.91 Å². The molecule has 0 spiro atoms. The summed E-state index contributed by atoms with van der Waals surface area (Å²) in [6, 6.07) is 18.1. The number of methoxy groups -OCH3 is 2. The molecule has 162 valence electrons. The number of aromatic nitrogens is 2. The molecule has 1 heterocycles. The van der Waals surface area contributed by atoms with E-state index in [1.54, 1.807) is 25.3 Å². The highest BCUT2D eigenvalue weighted by Crippen LogP contribution is 2.30. The summed E-state index contributed by atoms with van der Waals surface area (Å²) in [6.07, 6.45) is 0. The summed E-state index contributed by atoms with van der Waals surface area (Å²) in [5, 5.41) is 6.11. The molecule has 0 saturated heterocycles. The van der Waals surface area contributed by atoms with Crippen LogP contribution in [-0.2, 0) is 0 Å². The molecule has 0 atom stereocenters. The van der Waals surface area contributed by atoms with Gasteiger partial charge in [-0.25, -0.2) is 4.98 Å². The van der Waals surface area contributed by atoms with Gasteiger partial charge in [-0.05, 0) is 60.7 Å². The van der Waals surface area contributed by atoms with Crippen molar-refractivity contribution < 1.29 is 14.3 Å². The molecule has 1 amide bonds. The van der Waals surface area contributed by atoms with E-state index in [0.29, 0.717) is 33.6 Å². The van der Waals surface area contributed by atoms with Gasteiger partial charge in [0.1, 0.15) is 17.3 Å². The van der Waals surface area contributed by atoms with Gasteiger partial charge in [-0.1, -0.05) is 23.7 Å². The van der Waals surface area contributed by atoms with Crippen molar-refractivity contribution in [2.45, 2.75) is 0 Å². The van der Waals surface area contributed by atoms with E-state index in [4.69, 9.17) is 33.3 Å². The molecule has 0 aliphatic heterocycles. The number of fused-ring (bicyclic) bond motifs is 1. The Hall–Kier alpha value is -3.62. The summed E-state index contributed by atoms with van der Waals surface area (Å²) in [6.45, 7) is 0. The van der Waals surface area contributed by atoms with Crippen molar-refractivity contribution in [3.8, 4) is 22.9 Å². The van der Waals surface area contributed by atoms with Gasteiger partial charge in [0.25, 0.3) is 5.91 Å². The van der Waals surface area contributed by atoms with Gasteiger partial charge in [0.05, 0.1) is 36.0 Å². The van der Waals surface area contributed by atoms with E-state index >= 15 is 0 Å². The smallest absolute Gasteiger partial charge is 0.257 e. The van der Waals surface area contributed by atoms with Gasteiger partial charge < -0.3 is 19.8 Å². The van der Waals surface area contributed by atoms with Crippen LogP contribution in [0.25, 0.3) is 22.4 Å². The minimum atomic E-state index is -0.403. The molecule has 0 bridgehead atoms. The number of ether oxygens (including phenoxy) is 2. The van der Waals surface area contributed by atoms with Crippen molar-refractivity contribution in [2.75, 3.05) is 19.5 Å². The monoisotopic (exact) mass is 466 g/mol. The number of imidazole rings is 1. The Kier molecular flexibility index (Phi) is 6.25. The van der Waals surface area contributed by atoms with Crippen molar-refractivity contribution in [3.05, 3.63) is 71.2 Å². The first-order valence-electron chi connectivity index (χ1n) is 9.57. The Bertz CT molecular complexity index is 1290.